The average Bonchev–Trinajstić information content (AvgIpc) is 3.43. The van der Waals surface area contributed by atoms with Crippen molar-refractivity contribution in [2.24, 2.45) is 0 Å². The summed E-state index contributed by atoms with van der Waals surface area (Å²) in [4.78, 5) is 20.0. The van der Waals surface area contributed by atoms with Crippen molar-refractivity contribution in [2.75, 3.05) is 31.1 Å². The van der Waals surface area contributed by atoms with Crippen LogP contribution in [0.1, 0.15) is 31.2 Å². The Morgan fingerprint density at radius 2 is 2.00 bits per heavy atom. The zero-order valence-electron chi connectivity index (χ0n) is 16.8. The molecule has 0 unspecified atom stereocenters. The molecule has 0 spiro atoms. The van der Waals surface area contributed by atoms with Crippen LogP contribution < -0.4 is 10.2 Å². The number of anilines is 1. The van der Waals surface area contributed by atoms with Crippen molar-refractivity contribution in [1.29, 1.82) is 0 Å². The number of imidazole rings is 1. The predicted molar refractivity (Wildman–Crippen MR) is 118 cm³/mol. The zero-order valence-corrected chi connectivity index (χ0v) is 16.8. The number of hydrogen-bond donors (Lipinski definition) is 3. The lowest BCUT2D eigenvalue weighted by molar-refractivity contribution is 0.574. The van der Waals surface area contributed by atoms with Gasteiger partial charge in [0.25, 0.3) is 0 Å². The fraction of sp³-hybridized carbons (Fsp3) is 0.364. The maximum absolute atomic E-state index is 4.93. The number of hydrogen-bond acceptors (Lipinski definition) is 6. The smallest absolute Gasteiger partial charge is 0.159 e. The third kappa shape index (κ3) is 2.95. The summed E-state index contributed by atoms with van der Waals surface area (Å²) in [5.41, 5.74) is 5.96. The van der Waals surface area contributed by atoms with Gasteiger partial charge in [-0.05, 0) is 55.5 Å². The van der Waals surface area contributed by atoms with E-state index in [0.717, 1.165) is 77.6 Å². The second kappa shape index (κ2) is 7.21. The largest absolute Gasteiger partial charge is 0.355 e. The van der Waals surface area contributed by atoms with E-state index in [2.05, 4.69) is 47.5 Å². The third-order valence-corrected chi connectivity index (χ3v) is 6.11. The van der Waals surface area contributed by atoms with Crippen LogP contribution in [0.2, 0.25) is 0 Å². The van der Waals surface area contributed by atoms with Gasteiger partial charge in [0.2, 0.25) is 0 Å². The molecule has 8 heteroatoms. The number of pyridine rings is 2. The molecule has 4 aromatic heterocycles. The third-order valence-electron chi connectivity index (χ3n) is 6.11. The van der Waals surface area contributed by atoms with Crippen molar-refractivity contribution in [2.45, 2.75) is 25.7 Å². The Kier molecular flexibility index (Phi) is 4.23. The van der Waals surface area contributed by atoms with E-state index in [1.54, 1.807) is 0 Å². The van der Waals surface area contributed by atoms with Crippen molar-refractivity contribution >= 4 is 33.5 Å². The molecule has 0 saturated carbocycles. The maximum Gasteiger partial charge on any atom is 0.159 e. The molecule has 6 rings (SSSR count). The molecule has 6 heterocycles. The highest BCUT2D eigenvalue weighted by atomic mass is 15.2. The summed E-state index contributed by atoms with van der Waals surface area (Å²) in [7, 11) is 0. The molecule has 1 fully saturated rings. The summed E-state index contributed by atoms with van der Waals surface area (Å²) in [6, 6.07) is 4.16. The molecular formula is C22H24N8. The molecule has 3 N–H and O–H groups in total. The van der Waals surface area contributed by atoms with Crippen LogP contribution in [0, 0.1) is 0 Å². The normalized spacial score (nSPS) is 17.6. The Morgan fingerprint density at radius 1 is 1.07 bits per heavy atom. The van der Waals surface area contributed by atoms with Gasteiger partial charge < -0.3 is 15.2 Å². The van der Waals surface area contributed by atoms with Gasteiger partial charge >= 0.3 is 0 Å². The molecule has 0 atom stereocenters. The van der Waals surface area contributed by atoms with Gasteiger partial charge in [-0.1, -0.05) is 6.08 Å². The van der Waals surface area contributed by atoms with Gasteiger partial charge in [0.05, 0.1) is 10.9 Å². The minimum atomic E-state index is 0.751. The van der Waals surface area contributed by atoms with E-state index >= 15 is 0 Å². The topological polar surface area (TPSA) is 98.4 Å². The summed E-state index contributed by atoms with van der Waals surface area (Å²) >= 11 is 0. The molecular weight excluding hydrogens is 376 g/mol. The number of rotatable bonds is 3. The van der Waals surface area contributed by atoms with Crippen molar-refractivity contribution in [3.05, 3.63) is 36.2 Å². The summed E-state index contributed by atoms with van der Waals surface area (Å²) in [5, 5.41) is 11.9. The van der Waals surface area contributed by atoms with Crippen LogP contribution in [0.25, 0.3) is 39.2 Å². The molecule has 0 aliphatic carbocycles. The van der Waals surface area contributed by atoms with Crippen molar-refractivity contribution < 1.29 is 0 Å². The van der Waals surface area contributed by atoms with Crippen molar-refractivity contribution in [3.8, 4) is 11.5 Å². The zero-order chi connectivity index (χ0) is 19.9. The van der Waals surface area contributed by atoms with Crippen LogP contribution in [0.15, 0.2) is 30.6 Å². The molecule has 0 radical (unpaired) electrons. The monoisotopic (exact) mass is 400 g/mol. The summed E-state index contributed by atoms with van der Waals surface area (Å²) < 4.78 is 0. The van der Waals surface area contributed by atoms with E-state index in [4.69, 9.17) is 4.98 Å². The first-order valence-electron chi connectivity index (χ1n) is 10.7. The first kappa shape index (κ1) is 17.6. The van der Waals surface area contributed by atoms with Gasteiger partial charge in [0.1, 0.15) is 11.2 Å². The molecule has 0 amide bonds. The number of piperidine rings is 1. The van der Waals surface area contributed by atoms with Gasteiger partial charge in [-0.25, -0.2) is 15.0 Å². The molecule has 2 aliphatic heterocycles. The van der Waals surface area contributed by atoms with Gasteiger partial charge in [-0.15, -0.1) is 0 Å². The number of aromatic amines is 2. The lowest BCUT2D eigenvalue weighted by Gasteiger charge is -2.27. The van der Waals surface area contributed by atoms with Gasteiger partial charge in [0, 0.05) is 32.0 Å². The SMILES string of the molecule is C1=C(c2cnc3[nH]nc(-c4nc5c(N6CCCCC6)nccc5[nH]4)c3c2)CCNC1. The molecule has 8 nitrogen and oxygen atoms in total. The Morgan fingerprint density at radius 3 is 2.87 bits per heavy atom. The van der Waals surface area contributed by atoms with E-state index in [1.807, 2.05) is 18.5 Å². The Labute approximate surface area is 173 Å². The molecule has 1 saturated heterocycles. The molecule has 0 bridgehead atoms. The summed E-state index contributed by atoms with van der Waals surface area (Å²) in [6.07, 6.45) is 10.7. The number of nitrogens with one attached hydrogen (secondary N) is 3. The van der Waals surface area contributed by atoms with Crippen LogP contribution >= 0.6 is 0 Å². The Balaban J connectivity index is 1.44. The lowest BCUT2D eigenvalue weighted by Crippen LogP contribution is -2.30. The fourth-order valence-electron chi connectivity index (χ4n) is 4.51. The van der Waals surface area contributed by atoms with E-state index in [9.17, 15) is 0 Å². The highest BCUT2D eigenvalue weighted by Gasteiger charge is 2.20. The minimum Gasteiger partial charge on any atom is -0.355 e. The van der Waals surface area contributed by atoms with E-state index in [0.29, 0.717) is 0 Å². The van der Waals surface area contributed by atoms with Crippen LogP contribution in [0.3, 0.4) is 0 Å². The van der Waals surface area contributed by atoms with Crippen LogP contribution in [0.4, 0.5) is 5.82 Å². The van der Waals surface area contributed by atoms with Crippen molar-refractivity contribution in [1.82, 2.24) is 35.5 Å². The number of fused-ring (bicyclic) bond motifs is 2. The molecule has 2 aliphatic rings. The quantitative estimate of drug-likeness (QED) is 0.488. The second-order valence-corrected chi connectivity index (χ2v) is 8.04. The van der Waals surface area contributed by atoms with E-state index in [-0.39, 0.29) is 0 Å². The van der Waals surface area contributed by atoms with E-state index in [1.165, 1.54) is 24.8 Å². The molecule has 152 valence electrons. The average molecular weight is 400 g/mol. The maximum atomic E-state index is 4.93. The van der Waals surface area contributed by atoms with Crippen LogP contribution in [-0.2, 0) is 0 Å². The standard InChI is InChI=1S/C22H24N8/c1-2-10-30(11-3-1)22-19-17(6-9-24-22)26-21(27-19)18-16-12-15(13-25-20(16)29-28-18)14-4-7-23-8-5-14/h4,6,9,12-13,23H,1-3,5,7-8,10-11H2,(H,26,27)(H,25,28,29). The minimum absolute atomic E-state index is 0.751. The fourth-order valence-corrected chi connectivity index (χ4v) is 4.51. The van der Waals surface area contributed by atoms with Gasteiger partial charge in [-0.3, -0.25) is 5.10 Å². The van der Waals surface area contributed by atoms with E-state index < -0.39 is 0 Å². The lowest BCUT2D eigenvalue weighted by atomic mass is 10.0. The van der Waals surface area contributed by atoms with Crippen LogP contribution in [0.5, 0.6) is 0 Å². The Hall–Kier alpha value is -3.26. The first-order chi connectivity index (χ1) is 14.9. The van der Waals surface area contributed by atoms with Gasteiger partial charge in [0.15, 0.2) is 17.3 Å². The summed E-state index contributed by atoms with van der Waals surface area (Å²) in [6.45, 7) is 3.98. The predicted octanol–water partition coefficient (Wildman–Crippen LogP) is 3.26. The molecule has 0 aromatic carbocycles. The summed E-state index contributed by atoms with van der Waals surface area (Å²) in [5.74, 6) is 1.72. The van der Waals surface area contributed by atoms with Crippen LogP contribution in [-0.4, -0.2) is 56.3 Å². The Bertz CT molecular complexity index is 1240. The number of nitrogens with zero attached hydrogens (tertiary/aromatic N) is 5. The second-order valence-electron chi connectivity index (χ2n) is 8.04. The first-order valence-corrected chi connectivity index (χ1v) is 10.7. The molecule has 30 heavy (non-hydrogen) atoms. The molecule has 4 aromatic rings. The number of aromatic nitrogens is 6. The van der Waals surface area contributed by atoms with Crippen molar-refractivity contribution in [3.63, 3.8) is 0 Å². The number of H-pyrrole nitrogens is 2. The highest BCUT2D eigenvalue weighted by Crippen LogP contribution is 2.31. The van der Waals surface area contributed by atoms with Gasteiger partial charge in [-0.2, -0.15) is 5.10 Å². The highest BCUT2D eigenvalue weighted by molar-refractivity contribution is 5.95.